The second-order valence-corrected chi connectivity index (χ2v) is 5.06. The first kappa shape index (κ1) is 13.1. The van der Waals surface area contributed by atoms with Crippen LogP contribution >= 0.6 is 11.3 Å². The maximum atomic E-state index is 13.3. The summed E-state index contributed by atoms with van der Waals surface area (Å²) < 4.78 is 38.9. The highest BCUT2D eigenvalue weighted by Gasteiger charge is 2.41. The van der Waals surface area contributed by atoms with E-state index in [0.717, 1.165) is 9.89 Å². The first-order valence-corrected chi connectivity index (χ1v) is 6.00. The Labute approximate surface area is 106 Å². The molecule has 0 saturated heterocycles. The van der Waals surface area contributed by atoms with Gasteiger partial charge in [0.1, 0.15) is 0 Å². The van der Waals surface area contributed by atoms with Crippen LogP contribution in [-0.4, -0.2) is 30.9 Å². The number of rotatable bonds is 4. The van der Waals surface area contributed by atoms with Crippen molar-refractivity contribution in [1.82, 2.24) is 10.4 Å². The van der Waals surface area contributed by atoms with Gasteiger partial charge in [0.15, 0.2) is 13.0 Å². The van der Waals surface area contributed by atoms with Crippen LogP contribution in [0.1, 0.15) is 20.6 Å². The number of hydrogen-bond donors (Lipinski definition) is 1. The molecule has 0 aromatic carbocycles. The van der Waals surface area contributed by atoms with Gasteiger partial charge < -0.3 is 5.01 Å². The lowest BCUT2D eigenvalue weighted by molar-refractivity contribution is -0.0104. The first-order valence-electron chi connectivity index (χ1n) is 5.19. The molecule has 0 fully saturated rings. The van der Waals surface area contributed by atoms with Gasteiger partial charge in [0.05, 0.1) is 16.6 Å². The Morgan fingerprint density at radius 3 is 2.83 bits per heavy atom. The average molecular weight is 276 g/mol. The fourth-order valence-electron chi connectivity index (χ4n) is 1.77. The minimum Gasteiger partial charge on any atom is -0.309 e. The van der Waals surface area contributed by atoms with E-state index in [1.165, 1.54) is 24.5 Å². The fourth-order valence-corrected chi connectivity index (χ4v) is 2.61. The Hall–Kier alpha value is -1.34. The molecular formula is C11H11F3N2OS. The van der Waals surface area contributed by atoms with E-state index in [0.29, 0.717) is 11.2 Å². The van der Waals surface area contributed by atoms with Crippen LogP contribution in [0.15, 0.2) is 23.9 Å². The van der Waals surface area contributed by atoms with Gasteiger partial charge in [0, 0.05) is 11.9 Å². The van der Waals surface area contributed by atoms with E-state index in [2.05, 4.69) is 5.43 Å². The van der Waals surface area contributed by atoms with Crippen LogP contribution in [-0.2, 0) is 0 Å². The van der Waals surface area contributed by atoms with E-state index in [9.17, 15) is 18.0 Å². The summed E-state index contributed by atoms with van der Waals surface area (Å²) in [6.45, 7) is -1.73. The highest BCUT2D eigenvalue weighted by Crippen LogP contribution is 2.35. The van der Waals surface area contributed by atoms with Crippen LogP contribution < -0.4 is 5.43 Å². The molecule has 0 bridgehead atoms. The van der Waals surface area contributed by atoms with Crippen LogP contribution in [0.4, 0.5) is 13.2 Å². The van der Waals surface area contributed by atoms with Crippen molar-refractivity contribution in [2.24, 2.45) is 0 Å². The molecule has 18 heavy (non-hydrogen) atoms. The summed E-state index contributed by atoms with van der Waals surface area (Å²) in [5.41, 5.74) is 2.39. The number of halogens is 3. The lowest BCUT2D eigenvalue weighted by Gasteiger charge is -2.22. The second kappa shape index (κ2) is 4.74. The third kappa shape index (κ3) is 2.28. The number of hydrogen-bond acceptors (Lipinski definition) is 4. The van der Waals surface area contributed by atoms with Gasteiger partial charge in [-0.2, -0.15) is 8.78 Å². The summed E-state index contributed by atoms with van der Waals surface area (Å²) >= 11 is 1.21. The summed E-state index contributed by atoms with van der Waals surface area (Å²) in [5, 5.41) is 1.12. The number of thiophene rings is 1. The zero-order valence-corrected chi connectivity index (χ0v) is 10.3. The number of hydrazine groups is 1. The van der Waals surface area contributed by atoms with Crippen molar-refractivity contribution in [2.45, 2.75) is 12.0 Å². The third-order valence-electron chi connectivity index (χ3n) is 2.63. The Kier molecular flexibility index (Phi) is 3.45. The number of nitrogens with zero attached hydrogens (tertiary/aromatic N) is 1. The van der Waals surface area contributed by atoms with Crippen LogP contribution in [0.3, 0.4) is 0 Å². The summed E-state index contributed by atoms with van der Waals surface area (Å²) in [6, 6.07) is 2.85. The number of aldehydes is 1. The van der Waals surface area contributed by atoms with E-state index in [1.807, 2.05) is 0 Å². The van der Waals surface area contributed by atoms with Gasteiger partial charge in [0.2, 0.25) is 0 Å². The quantitative estimate of drug-likeness (QED) is 0.858. The average Bonchev–Trinajstić information content (AvgIpc) is 2.95. The number of nitrogens with one attached hydrogen (secondary N) is 1. The van der Waals surface area contributed by atoms with Crippen molar-refractivity contribution >= 4 is 17.6 Å². The van der Waals surface area contributed by atoms with Gasteiger partial charge in [-0.25, -0.2) is 9.82 Å². The molecule has 0 spiro atoms. The molecule has 2 heterocycles. The monoisotopic (exact) mass is 276 g/mol. The highest BCUT2D eigenvalue weighted by molar-refractivity contribution is 7.13. The van der Waals surface area contributed by atoms with Crippen molar-refractivity contribution < 1.29 is 18.0 Å². The molecule has 1 aliphatic heterocycles. The van der Waals surface area contributed by atoms with E-state index >= 15 is 0 Å². The number of allylic oxidation sites excluding steroid dienone is 1. The SMILES string of the molecule is CN1NC(c2ccc(C=O)s2)C=C1C(F)(F)CF. The molecule has 1 aliphatic rings. The standard InChI is InChI=1S/C11H11F3N2OS/c1-16-10(11(13,14)6-12)4-8(15-16)9-3-2-7(5-17)18-9/h2-5,8,15H,6H2,1H3. The maximum Gasteiger partial charge on any atom is 0.316 e. The third-order valence-corrected chi connectivity index (χ3v) is 3.73. The Bertz CT molecular complexity index is 486. The van der Waals surface area contributed by atoms with Gasteiger partial charge in [-0.3, -0.25) is 4.79 Å². The zero-order chi connectivity index (χ0) is 13.3. The molecular weight excluding hydrogens is 265 g/mol. The Morgan fingerprint density at radius 2 is 2.28 bits per heavy atom. The Balaban J connectivity index is 2.25. The van der Waals surface area contributed by atoms with Crippen LogP contribution in [0.5, 0.6) is 0 Å². The number of carbonyl (C=O) groups is 1. The molecule has 2 rings (SSSR count). The molecule has 7 heteroatoms. The highest BCUT2D eigenvalue weighted by atomic mass is 32.1. The molecule has 1 N–H and O–H groups in total. The zero-order valence-electron chi connectivity index (χ0n) is 9.49. The summed E-state index contributed by atoms with van der Waals surface area (Å²) in [7, 11) is 1.41. The molecule has 0 aliphatic carbocycles. The van der Waals surface area contributed by atoms with Crippen molar-refractivity contribution in [1.29, 1.82) is 0 Å². The van der Waals surface area contributed by atoms with Crippen molar-refractivity contribution in [2.75, 3.05) is 13.7 Å². The normalized spacial score (nSPS) is 20.1. The van der Waals surface area contributed by atoms with Crippen molar-refractivity contribution in [3.05, 3.63) is 33.7 Å². The van der Waals surface area contributed by atoms with Crippen molar-refractivity contribution in [3.8, 4) is 0 Å². The van der Waals surface area contributed by atoms with Gasteiger partial charge in [0.25, 0.3) is 0 Å². The predicted molar refractivity (Wildman–Crippen MR) is 62.4 cm³/mol. The van der Waals surface area contributed by atoms with E-state index in [4.69, 9.17) is 0 Å². The molecule has 0 radical (unpaired) electrons. The van der Waals surface area contributed by atoms with E-state index < -0.39 is 24.3 Å². The largest absolute Gasteiger partial charge is 0.316 e. The summed E-state index contributed by atoms with van der Waals surface area (Å²) in [4.78, 5) is 11.8. The summed E-state index contributed by atoms with van der Waals surface area (Å²) in [5.74, 6) is -3.50. The van der Waals surface area contributed by atoms with E-state index in [-0.39, 0.29) is 0 Å². The van der Waals surface area contributed by atoms with Crippen LogP contribution in [0.2, 0.25) is 0 Å². The molecule has 0 saturated carbocycles. The number of carbonyl (C=O) groups excluding carboxylic acids is 1. The van der Waals surface area contributed by atoms with Crippen LogP contribution in [0.25, 0.3) is 0 Å². The van der Waals surface area contributed by atoms with E-state index in [1.54, 1.807) is 12.1 Å². The summed E-state index contributed by atoms with van der Waals surface area (Å²) in [6.07, 6.45) is 1.98. The van der Waals surface area contributed by atoms with Gasteiger partial charge in [-0.1, -0.05) is 0 Å². The Morgan fingerprint density at radius 1 is 1.56 bits per heavy atom. The molecule has 3 nitrogen and oxygen atoms in total. The molecule has 1 aromatic heterocycles. The van der Waals surface area contributed by atoms with Gasteiger partial charge >= 0.3 is 5.92 Å². The lowest BCUT2D eigenvalue weighted by Crippen LogP contribution is -2.37. The minimum atomic E-state index is -3.50. The molecule has 1 atom stereocenters. The smallest absolute Gasteiger partial charge is 0.309 e. The topological polar surface area (TPSA) is 32.3 Å². The fraction of sp³-hybridized carbons (Fsp3) is 0.364. The second-order valence-electron chi connectivity index (χ2n) is 3.91. The molecule has 1 unspecified atom stereocenters. The van der Waals surface area contributed by atoms with Gasteiger partial charge in [-0.05, 0) is 18.2 Å². The maximum absolute atomic E-state index is 13.3. The molecule has 98 valence electrons. The lowest BCUT2D eigenvalue weighted by atomic mass is 10.2. The van der Waals surface area contributed by atoms with Gasteiger partial charge in [-0.15, -0.1) is 11.3 Å². The predicted octanol–water partition coefficient (Wildman–Crippen LogP) is 2.54. The number of alkyl halides is 3. The first-order chi connectivity index (χ1) is 8.47. The molecule has 1 aromatic rings. The molecule has 0 amide bonds. The van der Waals surface area contributed by atoms with Crippen LogP contribution in [0, 0.1) is 0 Å². The van der Waals surface area contributed by atoms with Crippen molar-refractivity contribution in [3.63, 3.8) is 0 Å². The minimum absolute atomic E-state index is 0.393.